The van der Waals surface area contributed by atoms with E-state index in [0.29, 0.717) is 11.8 Å². The fourth-order valence-electron chi connectivity index (χ4n) is 2.32. The van der Waals surface area contributed by atoms with Crippen LogP contribution in [0.15, 0.2) is 33.4 Å². The second-order valence-electron chi connectivity index (χ2n) is 6.93. The number of hydrogen-bond donors (Lipinski definition) is 0. The molecule has 0 aromatic heterocycles. The van der Waals surface area contributed by atoms with Crippen LogP contribution in [0, 0.1) is 24.0 Å². The summed E-state index contributed by atoms with van der Waals surface area (Å²) in [5.41, 5.74) is 8.49. The smallest absolute Gasteiger partial charge is 0.245 e. The Kier molecular flexibility index (Phi) is 12.7. The van der Waals surface area contributed by atoms with Crippen LogP contribution < -0.4 is 0 Å². The maximum Gasteiger partial charge on any atom is 0.245 e. The SMILES string of the molecule is CC1=[C-]C(C)C(C)=C1C.CC1=[C-]C(C)C(C)=C1C.C[Si](C)(Cl)Cl.[Hf]. The van der Waals surface area contributed by atoms with Crippen LogP contribution in [0.3, 0.4) is 0 Å². The summed E-state index contributed by atoms with van der Waals surface area (Å²) < 4.78 is 0. The first-order valence-corrected chi connectivity index (χ1v) is 13.2. The van der Waals surface area contributed by atoms with Gasteiger partial charge in [0.15, 0.2) is 0 Å². The summed E-state index contributed by atoms with van der Waals surface area (Å²) in [6.07, 6.45) is 6.72. The van der Waals surface area contributed by atoms with E-state index in [0.717, 1.165) is 0 Å². The van der Waals surface area contributed by atoms with Gasteiger partial charge in [-0.25, -0.2) is 11.1 Å². The molecule has 0 N–H and O–H groups in total. The molecule has 0 saturated carbocycles. The molecule has 0 aromatic carbocycles. The summed E-state index contributed by atoms with van der Waals surface area (Å²) in [5.74, 6) is 1.12. The fourth-order valence-corrected chi connectivity index (χ4v) is 2.32. The van der Waals surface area contributed by atoms with E-state index in [1.165, 1.54) is 33.4 Å². The third-order valence-electron chi connectivity index (χ3n) is 4.47. The number of allylic oxidation sites excluding steroid dienone is 8. The van der Waals surface area contributed by atoms with Crippen molar-refractivity contribution in [3.05, 3.63) is 45.6 Å². The second-order valence-corrected chi connectivity index (χ2v) is 15.8. The first-order valence-electron chi connectivity index (χ1n) is 8.19. The van der Waals surface area contributed by atoms with Gasteiger partial charge in [-0.3, -0.25) is 12.2 Å². The van der Waals surface area contributed by atoms with Crippen molar-refractivity contribution < 1.29 is 25.8 Å². The Hall–Kier alpha value is 0.627. The van der Waals surface area contributed by atoms with Crippen LogP contribution >= 0.6 is 22.2 Å². The van der Waals surface area contributed by atoms with Gasteiger partial charge in [0.2, 0.25) is 6.69 Å². The van der Waals surface area contributed by atoms with E-state index in [1.807, 2.05) is 13.1 Å². The van der Waals surface area contributed by atoms with Crippen molar-refractivity contribution in [1.29, 1.82) is 0 Å². The van der Waals surface area contributed by atoms with Gasteiger partial charge in [0.25, 0.3) is 0 Å². The minimum atomic E-state index is -1.67. The van der Waals surface area contributed by atoms with E-state index >= 15 is 0 Å². The Labute approximate surface area is 179 Å². The van der Waals surface area contributed by atoms with Crippen LogP contribution in [0.5, 0.6) is 0 Å². The van der Waals surface area contributed by atoms with Gasteiger partial charge in [-0.1, -0.05) is 53.4 Å². The van der Waals surface area contributed by atoms with Gasteiger partial charge in [-0.2, -0.15) is 22.3 Å². The van der Waals surface area contributed by atoms with Gasteiger partial charge in [0, 0.05) is 25.8 Å². The molecule has 2 rings (SSSR count). The molecule has 0 nitrogen and oxygen atoms in total. The maximum absolute atomic E-state index is 5.43. The standard InChI is InChI=1S/2C9H13.C2H6Cl2Si.Hf/c2*1-6-5-7(2)9(4)8(6)3;1-5(2,3)4;/h2*6H,1-4H3;1-2H3;/q2*-1;;. The van der Waals surface area contributed by atoms with Crippen molar-refractivity contribution in [2.75, 3.05) is 0 Å². The Morgan fingerprint density at radius 1 is 0.708 bits per heavy atom. The van der Waals surface area contributed by atoms with Crippen molar-refractivity contribution in [2.24, 2.45) is 11.8 Å². The normalized spacial score (nSPS) is 22.8. The molecule has 0 heterocycles. The number of halogens is 2. The third kappa shape index (κ3) is 9.94. The van der Waals surface area contributed by atoms with Gasteiger partial charge in [0.05, 0.1) is 0 Å². The van der Waals surface area contributed by atoms with Crippen LogP contribution in [0.1, 0.15) is 55.4 Å². The molecular formula is C20H32Cl2HfSi-2. The first kappa shape index (κ1) is 26.9. The Morgan fingerprint density at radius 3 is 0.958 bits per heavy atom. The molecule has 2 aliphatic rings. The van der Waals surface area contributed by atoms with Crippen LogP contribution in [-0.2, 0) is 25.8 Å². The summed E-state index contributed by atoms with van der Waals surface area (Å²) in [6, 6.07) is 0. The molecule has 2 unspecified atom stereocenters. The van der Waals surface area contributed by atoms with Gasteiger partial charge >= 0.3 is 0 Å². The summed E-state index contributed by atoms with van der Waals surface area (Å²) in [7, 11) is 0. The van der Waals surface area contributed by atoms with Crippen molar-refractivity contribution in [3.8, 4) is 0 Å². The molecule has 2 atom stereocenters. The molecule has 0 bridgehead atoms. The second kappa shape index (κ2) is 11.4. The van der Waals surface area contributed by atoms with Gasteiger partial charge in [0.1, 0.15) is 0 Å². The predicted molar refractivity (Wildman–Crippen MR) is 109 cm³/mol. The Balaban J connectivity index is 0. The first-order chi connectivity index (χ1) is 10.3. The molecule has 2 aliphatic carbocycles. The molecule has 4 heteroatoms. The molecule has 24 heavy (non-hydrogen) atoms. The van der Waals surface area contributed by atoms with Gasteiger partial charge in [-0.15, -0.1) is 36.0 Å². The van der Waals surface area contributed by atoms with Crippen molar-refractivity contribution in [1.82, 2.24) is 0 Å². The summed E-state index contributed by atoms with van der Waals surface area (Å²) in [4.78, 5) is 0. The third-order valence-corrected chi connectivity index (χ3v) is 4.47. The molecule has 0 fully saturated rings. The van der Waals surface area contributed by atoms with E-state index < -0.39 is 6.69 Å². The van der Waals surface area contributed by atoms with E-state index in [1.54, 1.807) is 0 Å². The molecule has 0 aliphatic heterocycles. The molecule has 0 amide bonds. The van der Waals surface area contributed by atoms with E-state index in [-0.39, 0.29) is 25.8 Å². The topological polar surface area (TPSA) is 0 Å². The average molecular weight is 550 g/mol. The molecule has 0 radical (unpaired) electrons. The number of rotatable bonds is 0. The summed E-state index contributed by atoms with van der Waals surface area (Å²) >= 11 is 10.9. The quantitative estimate of drug-likeness (QED) is 0.166. The molecule has 0 aromatic rings. The van der Waals surface area contributed by atoms with Crippen LogP contribution in [0.2, 0.25) is 13.1 Å². The zero-order valence-corrected chi connectivity index (χ0v) is 23.0. The fraction of sp³-hybridized carbons (Fsp3) is 0.600. The minimum Gasteiger partial charge on any atom is -0.266 e. The van der Waals surface area contributed by atoms with Crippen LogP contribution in [0.4, 0.5) is 0 Å². The van der Waals surface area contributed by atoms with Crippen LogP contribution in [0.25, 0.3) is 0 Å². The van der Waals surface area contributed by atoms with Gasteiger partial charge < -0.3 is 0 Å². The van der Waals surface area contributed by atoms with Crippen molar-refractivity contribution in [2.45, 2.75) is 68.5 Å². The summed E-state index contributed by atoms with van der Waals surface area (Å²) in [6.45, 7) is 19.4. The zero-order valence-electron chi connectivity index (χ0n) is 16.9. The zero-order chi connectivity index (χ0) is 18.5. The molecule has 0 spiro atoms. The minimum absolute atomic E-state index is 0. The maximum atomic E-state index is 5.43. The predicted octanol–water partition coefficient (Wildman–Crippen LogP) is 7.61. The largest absolute Gasteiger partial charge is 0.266 e. The van der Waals surface area contributed by atoms with E-state index in [2.05, 4.69) is 67.5 Å². The van der Waals surface area contributed by atoms with E-state index in [9.17, 15) is 0 Å². The molecule has 136 valence electrons. The number of hydrogen-bond acceptors (Lipinski definition) is 0. The van der Waals surface area contributed by atoms with E-state index in [4.69, 9.17) is 22.2 Å². The summed E-state index contributed by atoms with van der Waals surface area (Å²) in [5, 5.41) is 0. The molecular weight excluding hydrogens is 518 g/mol. The van der Waals surface area contributed by atoms with Gasteiger partial charge in [-0.05, 0) is 13.1 Å². The Morgan fingerprint density at radius 2 is 0.917 bits per heavy atom. The van der Waals surface area contributed by atoms with Crippen LogP contribution in [-0.4, -0.2) is 6.69 Å². The van der Waals surface area contributed by atoms with Crippen molar-refractivity contribution in [3.63, 3.8) is 0 Å². The monoisotopic (exact) mass is 550 g/mol. The van der Waals surface area contributed by atoms with Crippen molar-refractivity contribution >= 4 is 28.9 Å². The average Bonchev–Trinajstić information content (AvgIpc) is 2.74. The molecule has 0 saturated heterocycles. The Bertz CT molecular complexity index is 498.